The molecule has 0 aromatic carbocycles. The van der Waals surface area contributed by atoms with Gasteiger partial charge in [-0.05, 0) is 19.1 Å². The van der Waals surface area contributed by atoms with Gasteiger partial charge < -0.3 is 10.1 Å². The molecule has 3 heteroatoms. The van der Waals surface area contributed by atoms with Crippen LogP contribution in [0, 0.1) is 6.92 Å². The van der Waals surface area contributed by atoms with Crippen LogP contribution in [0.2, 0.25) is 0 Å². The smallest absolute Gasteiger partial charge is 0.116 e. The number of fused-ring (bicyclic) bond motifs is 1. The van der Waals surface area contributed by atoms with Crippen molar-refractivity contribution in [3.63, 3.8) is 0 Å². The third-order valence-corrected chi connectivity index (χ3v) is 2.40. The molecule has 3 nitrogen and oxygen atoms in total. The number of anilines is 1. The lowest BCUT2D eigenvalue weighted by atomic mass is 10.2. The van der Waals surface area contributed by atoms with E-state index in [1.54, 1.807) is 0 Å². The number of imidazole rings is 1. The highest BCUT2D eigenvalue weighted by Gasteiger charge is 2.10. The van der Waals surface area contributed by atoms with Gasteiger partial charge >= 0.3 is 0 Å². The van der Waals surface area contributed by atoms with E-state index in [2.05, 4.69) is 23.2 Å². The lowest BCUT2D eigenvalue weighted by Crippen LogP contribution is -1.97. The second-order valence-electron chi connectivity index (χ2n) is 3.93. The van der Waals surface area contributed by atoms with E-state index in [4.69, 9.17) is 5.73 Å². The van der Waals surface area contributed by atoms with E-state index < -0.39 is 0 Å². The molecule has 2 rings (SSSR count). The summed E-state index contributed by atoms with van der Waals surface area (Å²) >= 11 is 0. The molecule has 74 valence electrons. The SMILES string of the molecule is Cc1nc(C(C)C)n2ccc(N)cc12. The lowest BCUT2D eigenvalue weighted by molar-refractivity contribution is 0.768. The maximum absolute atomic E-state index is 5.74. The number of aromatic nitrogens is 2. The van der Waals surface area contributed by atoms with Crippen LogP contribution < -0.4 is 5.73 Å². The fourth-order valence-electron chi connectivity index (χ4n) is 1.69. The Morgan fingerprint density at radius 3 is 2.79 bits per heavy atom. The molecule has 0 saturated carbocycles. The van der Waals surface area contributed by atoms with Crippen molar-refractivity contribution in [1.29, 1.82) is 0 Å². The molecule has 0 atom stereocenters. The fourth-order valence-corrected chi connectivity index (χ4v) is 1.69. The van der Waals surface area contributed by atoms with Crippen molar-refractivity contribution in [2.75, 3.05) is 5.73 Å². The summed E-state index contributed by atoms with van der Waals surface area (Å²) in [5.74, 6) is 1.53. The number of nitrogen functional groups attached to an aromatic ring is 1. The maximum atomic E-state index is 5.74. The van der Waals surface area contributed by atoms with Gasteiger partial charge in [-0.2, -0.15) is 0 Å². The van der Waals surface area contributed by atoms with Crippen molar-refractivity contribution in [3.8, 4) is 0 Å². The topological polar surface area (TPSA) is 43.3 Å². The number of hydrogen-bond acceptors (Lipinski definition) is 2. The Labute approximate surface area is 83.6 Å². The predicted molar refractivity (Wildman–Crippen MR) is 58.4 cm³/mol. The van der Waals surface area contributed by atoms with Crippen LogP contribution >= 0.6 is 0 Å². The first-order chi connectivity index (χ1) is 6.59. The average molecular weight is 189 g/mol. The van der Waals surface area contributed by atoms with Crippen molar-refractivity contribution in [2.24, 2.45) is 0 Å². The number of hydrogen-bond donors (Lipinski definition) is 1. The van der Waals surface area contributed by atoms with Crippen LogP contribution in [0.1, 0.15) is 31.3 Å². The zero-order valence-electron chi connectivity index (χ0n) is 8.78. The summed E-state index contributed by atoms with van der Waals surface area (Å²) < 4.78 is 2.11. The van der Waals surface area contributed by atoms with Crippen molar-refractivity contribution >= 4 is 11.2 Å². The van der Waals surface area contributed by atoms with Gasteiger partial charge in [0, 0.05) is 17.8 Å². The summed E-state index contributed by atoms with van der Waals surface area (Å²) in [6.07, 6.45) is 1.99. The van der Waals surface area contributed by atoms with Gasteiger partial charge in [-0.15, -0.1) is 0 Å². The van der Waals surface area contributed by atoms with Gasteiger partial charge in [-0.1, -0.05) is 13.8 Å². The molecule has 2 heterocycles. The summed E-state index contributed by atoms with van der Waals surface area (Å²) in [5.41, 5.74) is 8.67. The number of aryl methyl sites for hydroxylation is 1. The average Bonchev–Trinajstić information content (AvgIpc) is 2.44. The van der Waals surface area contributed by atoms with Crippen LogP contribution in [0.15, 0.2) is 18.3 Å². The zero-order chi connectivity index (χ0) is 10.3. The first-order valence-electron chi connectivity index (χ1n) is 4.83. The van der Waals surface area contributed by atoms with E-state index in [-0.39, 0.29) is 0 Å². The van der Waals surface area contributed by atoms with Crippen LogP contribution in [0.3, 0.4) is 0 Å². The van der Waals surface area contributed by atoms with Gasteiger partial charge in [0.15, 0.2) is 0 Å². The molecular weight excluding hydrogens is 174 g/mol. The Kier molecular flexibility index (Phi) is 1.95. The van der Waals surface area contributed by atoms with Crippen LogP contribution in [0.25, 0.3) is 5.52 Å². The van der Waals surface area contributed by atoms with Gasteiger partial charge in [-0.3, -0.25) is 0 Å². The summed E-state index contributed by atoms with van der Waals surface area (Å²) in [6, 6.07) is 3.87. The summed E-state index contributed by atoms with van der Waals surface area (Å²) in [4.78, 5) is 4.54. The van der Waals surface area contributed by atoms with E-state index in [0.29, 0.717) is 5.92 Å². The minimum atomic E-state index is 0.430. The molecule has 0 fully saturated rings. The first-order valence-corrected chi connectivity index (χ1v) is 4.83. The molecule has 0 aliphatic rings. The Morgan fingerprint density at radius 2 is 2.14 bits per heavy atom. The standard InChI is InChI=1S/C11H15N3/c1-7(2)11-13-8(3)10-6-9(12)4-5-14(10)11/h4-7H,12H2,1-3H3. The summed E-state index contributed by atoms with van der Waals surface area (Å²) in [5, 5.41) is 0. The van der Waals surface area contributed by atoms with E-state index in [0.717, 1.165) is 22.7 Å². The fraction of sp³-hybridized carbons (Fsp3) is 0.364. The molecule has 2 aromatic rings. The van der Waals surface area contributed by atoms with Gasteiger partial charge in [0.05, 0.1) is 11.2 Å². The van der Waals surface area contributed by atoms with E-state index in [9.17, 15) is 0 Å². The molecule has 0 spiro atoms. The highest BCUT2D eigenvalue weighted by atomic mass is 15.0. The molecule has 0 saturated heterocycles. The Bertz CT molecular complexity index is 469. The van der Waals surface area contributed by atoms with Gasteiger partial charge in [0.1, 0.15) is 5.82 Å². The van der Waals surface area contributed by atoms with Gasteiger partial charge in [-0.25, -0.2) is 4.98 Å². The molecule has 0 unspecified atom stereocenters. The number of pyridine rings is 1. The van der Waals surface area contributed by atoms with Crippen LogP contribution in [0.4, 0.5) is 5.69 Å². The highest BCUT2D eigenvalue weighted by Crippen LogP contribution is 2.20. The molecule has 14 heavy (non-hydrogen) atoms. The van der Waals surface area contributed by atoms with Crippen molar-refractivity contribution in [1.82, 2.24) is 9.38 Å². The molecule has 2 N–H and O–H groups in total. The third kappa shape index (κ3) is 1.25. The second kappa shape index (κ2) is 3.01. The van der Waals surface area contributed by atoms with Crippen LogP contribution in [0.5, 0.6) is 0 Å². The maximum Gasteiger partial charge on any atom is 0.116 e. The Hall–Kier alpha value is -1.51. The number of nitrogens with zero attached hydrogens (tertiary/aromatic N) is 2. The normalized spacial score (nSPS) is 11.4. The van der Waals surface area contributed by atoms with E-state index in [1.165, 1.54) is 0 Å². The Morgan fingerprint density at radius 1 is 1.43 bits per heavy atom. The van der Waals surface area contributed by atoms with Gasteiger partial charge in [0.2, 0.25) is 0 Å². The zero-order valence-corrected chi connectivity index (χ0v) is 8.78. The molecule has 0 aliphatic carbocycles. The lowest BCUT2D eigenvalue weighted by Gasteiger charge is -2.03. The monoisotopic (exact) mass is 189 g/mol. The molecule has 0 amide bonds. The van der Waals surface area contributed by atoms with Crippen molar-refractivity contribution in [2.45, 2.75) is 26.7 Å². The largest absolute Gasteiger partial charge is 0.399 e. The minimum Gasteiger partial charge on any atom is -0.399 e. The Balaban J connectivity index is 2.77. The first kappa shape index (κ1) is 9.06. The summed E-state index contributed by atoms with van der Waals surface area (Å²) in [7, 11) is 0. The molecule has 0 radical (unpaired) electrons. The minimum absolute atomic E-state index is 0.430. The molecule has 0 bridgehead atoms. The molecule has 0 aliphatic heterocycles. The second-order valence-corrected chi connectivity index (χ2v) is 3.93. The van der Waals surface area contributed by atoms with Gasteiger partial charge in [0.25, 0.3) is 0 Å². The summed E-state index contributed by atoms with van der Waals surface area (Å²) in [6.45, 7) is 6.30. The van der Waals surface area contributed by atoms with Crippen molar-refractivity contribution in [3.05, 3.63) is 29.8 Å². The molecule has 2 aromatic heterocycles. The quantitative estimate of drug-likeness (QED) is 0.748. The third-order valence-electron chi connectivity index (χ3n) is 2.40. The van der Waals surface area contributed by atoms with E-state index in [1.807, 2.05) is 25.3 Å². The molecular formula is C11H15N3. The van der Waals surface area contributed by atoms with Crippen molar-refractivity contribution < 1.29 is 0 Å². The highest BCUT2D eigenvalue weighted by molar-refractivity contribution is 5.60. The van der Waals surface area contributed by atoms with E-state index >= 15 is 0 Å². The number of rotatable bonds is 1. The van der Waals surface area contributed by atoms with Crippen LogP contribution in [-0.2, 0) is 0 Å². The van der Waals surface area contributed by atoms with Crippen LogP contribution in [-0.4, -0.2) is 9.38 Å². The predicted octanol–water partition coefficient (Wildman–Crippen LogP) is 2.35. The number of nitrogens with two attached hydrogens (primary N) is 1.